The Balaban J connectivity index is 1.41. The SMILES string of the molecule is COc1cc(-c2cccc(-c3cccc(NC(=O)C4CN(C)C(=O)N(C)C4=O)c3F)c2Cl)cc(F)c1CN[C@@H]1CCOC[C@@H]1O. The average molecular weight is 643 g/mol. The van der Waals surface area contributed by atoms with Crippen molar-refractivity contribution in [2.75, 3.05) is 46.3 Å². The van der Waals surface area contributed by atoms with Gasteiger partial charge in [-0.15, -0.1) is 0 Å². The molecule has 2 heterocycles. The maximum absolute atomic E-state index is 15.9. The summed E-state index contributed by atoms with van der Waals surface area (Å²) < 4.78 is 42.1. The molecule has 0 radical (unpaired) electrons. The van der Waals surface area contributed by atoms with Gasteiger partial charge < -0.3 is 30.1 Å². The summed E-state index contributed by atoms with van der Waals surface area (Å²) in [5.74, 6) is -3.72. The fourth-order valence-corrected chi connectivity index (χ4v) is 5.88. The standard InChI is InChI=1S/C32H33ClF2N4O6/c1-38-15-22(31(42)39(2)32(38)43)30(41)37-25-9-5-8-20(29(25)35)19-7-4-6-18(28(19)33)17-12-23(34)21(27(13-17)44-3)14-36-24-10-11-45-16-26(24)40/h4-9,12-13,22,24,26,36,40H,10-11,14-16H2,1-3H3,(H,37,41)/t22?,24-,26+/m1/s1. The minimum absolute atomic E-state index is 0.0716. The summed E-state index contributed by atoms with van der Waals surface area (Å²) in [5, 5.41) is 15.9. The molecule has 0 spiro atoms. The van der Waals surface area contributed by atoms with E-state index in [1.54, 1.807) is 24.3 Å². The van der Waals surface area contributed by atoms with Crippen molar-refractivity contribution in [3.63, 3.8) is 0 Å². The number of aliphatic hydroxyl groups excluding tert-OH is 1. The number of nitrogens with zero attached hydrogens (tertiary/aromatic N) is 2. The number of carbonyl (C=O) groups excluding carboxylic acids is 3. The van der Waals surface area contributed by atoms with Gasteiger partial charge in [-0.25, -0.2) is 13.6 Å². The van der Waals surface area contributed by atoms with Crippen LogP contribution in [0.3, 0.4) is 0 Å². The van der Waals surface area contributed by atoms with E-state index < -0.39 is 41.5 Å². The first kappa shape index (κ1) is 32.3. The lowest BCUT2D eigenvalue weighted by Gasteiger charge is -2.33. The molecular formula is C32H33ClF2N4O6. The third-order valence-electron chi connectivity index (χ3n) is 8.11. The quantitative estimate of drug-likeness (QED) is 0.314. The first-order valence-corrected chi connectivity index (χ1v) is 14.7. The molecular weight excluding hydrogens is 610 g/mol. The minimum atomic E-state index is -1.21. The summed E-state index contributed by atoms with van der Waals surface area (Å²) in [6, 6.07) is 11.5. The third-order valence-corrected chi connectivity index (χ3v) is 8.52. The zero-order valence-electron chi connectivity index (χ0n) is 24.9. The molecule has 0 aromatic heterocycles. The Kier molecular flexibility index (Phi) is 9.68. The monoisotopic (exact) mass is 642 g/mol. The number of aliphatic hydroxyl groups is 1. The van der Waals surface area contributed by atoms with E-state index in [4.69, 9.17) is 21.1 Å². The molecule has 2 aliphatic rings. The number of urea groups is 1. The number of ether oxygens (including phenoxy) is 2. The van der Waals surface area contributed by atoms with Gasteiger partial charge in [0.2, 0.25) is 11.8 Å². The van der Waals surface area contributed by atoms with Crippen LogP contribution in [0.4, 0.5) is 19.3 Å². The second-order valence-corrected chi connectivity index (χ2v) is 11.4. The molecule has 10 nitrogen and oxygen atoms in total. The van der Waals surface area contributed by atoms with E-state index in [0.717, 1.165) is 4.90 Å². The van der Waals surface area contributed by atoms with Gasteiger partial charge in [-0.1, -0.05) is 41.9 Å². The van der Waals surface area contributed by atoms with Crippen LogP contribution >= 0.6 is 11.6 Å². The van der Waals surface area contributed by atoms with Crippen molar-refractivity contribution in [2.45, 2.75) is 25.1 Å². The zero-order chi connectivity index (χ0) is 32.4. The van der Waals surface area contributed by atoms with Crippen LogP contribution in [0.2, 0.25) is 5.02 Å². The number of imide groups is 1. The van der Waals surface area contributed by atoms with Gasteiger partial charge in [-0.2, -0.15) is 0 Å². The second-order valence-electron chi connectivity index (χ2n) is 11.0. The molecule has 13 heteroatoms. The highest BCUT2D eigenvalue weighted by Crippen LogP contribution is 2.40. The summed E-state index contributed by atoms with van der Waals surface area (Å²) in [4.78, 5) is 39.7. The van der Waals surface area contributed by atoms with Gasteiger partial charge >= 0.3 is 6.03 Å². The van der Waals surface area contributed by atoms with Crippen molar-refractivity contribution in [1.29, 1.82) is 0 Å². The van der Waals surface area contributed by atoms with Gasteiger partial charge in [-0.3, -0.25) is 14.5 Å². The van der Waals surface area contributed by atoms with Crippen molar-refractivity contribution in [3.05, 3.63) is 70.8 Å². The molecule has 0 aliphatic carbocycles. The highest BCUT2D eigenvalue weighted by Gasteiger charge is 2.39. The zero-order valence-corrected chi connectivity index (χ0v) is 25.7. The van der Waals surface area contributed by atoms with Crippen molar-refractivity contribution in [3.8, 4) is 28.0 Å². The molecule has 3 aromatic carbocycles. The molecule has 0 saturated carbocycles. The van der Waals surface area contributed by atoms with Crippen LogP contribution in [0.5, 0.6) is 5.75 Å². The Bertz CT molecular complexity index is 1640. The molecule has 1 unspecified atom stereocenters. The normalized spacial score (nSPS) is 20.4. The number of benzene rings is 3. The van der Waals surface area contributed by atoms with Crippen LogP contribution < -0.4 is 15.4 Å². The van der Waals surface area contributed by atoms with Gasteiger partial charge in [0, 0.05) is 62.1 Å². The van der Waals surface area contributed by atoms with Crippen molar-refractivity contribution >= 4 is 35.1 Å². The number of amides is 4. The first-order chi connectivity index (χ1) is 21.5. The summed E-state index contributed by atoms with van der Waals surface area (Å²) >= 11 is 6.80. The van der Waals surface area contributed by atoms with E-state index in [-0.39, 0.29) is 53.3 Å². The van der Waals surface area contributed by atoms with E-state index in [0.29, 0.717) is 29.7 Å². The molecule has 238 valence electrons. The van der Waals surface area contributed by atoms with Gasteiger partial charge in [0.1, 0.15) is 17.5 Å². The number of hydrogen-bond acceptors (Lipinski definition) is 7. The summed E-state index contributed by atoms with van der Waals surface area (Å²) in [6.45, 7) is 0.674. The smallest absolute Gasteiger partial charge is 0.326 e. The van der Waals surface area contributed by atoms with Crippen LogP contribution in [0.25, 0.3) is 22.3 Å². The topological polar surface area (TPSA) is 120 Å². The lowest BCUT2D eigenvalue weighted by molar-refractivity contribution is -0.140. The maximum atomic E-state index is 15.9. The highest BCUT2D eigenvalue weighted by atomic mass is 35.5. The van der Waals surface area contributed by atoms with Crippen LogP contribution in [-0.4, -0.2) is 85.9 Å². The van der Waals surface area contributed by atoms with Crippen molar-refractivity contribution in [1.82, 2.24) is 15.1 Å². The van der Waals surface area contributed by atoms with Crippen LogP contribution in [0, 0.1) is 17.6 Å². The summed E-state index contributed by atoms with van der Waals surface area (Å²) in [6.07, 6.45) is -0.119. The Morgan fingerprint density at radius 3 is 2.56 bits per heavy atom. The Morgan fingerprint density at radius 1 is 1.11 bits per heavy atom. The van der Waals surface area contributed by atoms with Crippen LogP contribution in [0.1, 0.15) is 12.0 Å². The Hall–Kier alpha value is -4.10. The lowest BCUT2D eigenvalue weighted by Crippen LogP contribution is -2.56. The Labute approximate surface area is 263 Å². The van der Waals surface area contributed by atoms with E-state index in [2.05, 4.69) is 10.6 Å². The lowest BCUT2D eigenvalue weighted by atomic mass is 9.96. The number of anilines is 1. The van der Waals surface area contributed by atoms with Crippen LogP contribution in [-0.2, 0) is 20.9 Å². The number of nitrogens with one attached hydrogen (secondary N) is 2. The van der Waals surface area contributed by atoms with E-state index >= 15 is 8.78 Å². The fraction of sp³-hybridized carbons (Fsp3) is 0.344. The molecule has 3 N–H and O–H groups in total. The van der Waals surface area contributed by atoms with Gasteiger partial charge in [0.15, 0.2) is 5.82 Å². The molecule has 45 heavy (non-hydrogen) atoms. The molecule has 4 amide bonds. The van der Waals surface area contributed by atoms with E-state index in [1.165, 1.54) is 50.4 Å². The summed E-state index contributed by atoms with van der Waals surface area (Å²) in [7, 11) is 4.17. The Morgan fingerprint density at radius 2 is 1.82 bits per heavy atom. The molecule has 0 bridgehead atoms. The van der Waals surface area contributed by atoms with Gasteiger partial charge in [0.25, 0.3) is 0 Å². The predicted octanol–water partition coefficient (Wildman–Crippen LogP) is 4.28. The number of hydrogen-bond donors (Lipinski definition) is 3. The molecule has 2 aliphatic heterocycles. The molecule has 3 aromatic rings. The number of carbonyl (C=O) groups is 3. The summed E-state index contributed by atoms with van der Waals surface area (Å²) in [5.41, 5.74) is 1.29. The molecule has 3 atom stereocenters. The predicted molar refractivity (Wildman–Crippen MR) is 164 cm³/mol. The van der Waals surface area contributed by atoms with Gasteiger partial charge in [-0.05, 0) is 30.2 Å². The fourth-order valence-electron chi connectivity index (χ4n) is 5.54. The third kappa shape index (κ3) is 6.50. The average Bonchev–Trinajstić information content (AvgIpc) is 3.02. The van der Waals surface area contributed by atoms with Crippen molar-refractivity contribution < 1.29 is 37.7 Å². The largest absolute Gasteiger partial charge is 0.496 e. The van der Waals surface area contributed by atoms with Crippen LogP contribution in [0.15, 0.2) is 48.5 Å². The highest BCUT2D eigenvalue weighted by molar-refractivity contribution is 6.36. The minimum Gasteiger partial charge on any atom is -0.496 e. The molecule has 2 fully saturated rings. The van der Waals surface area contributed by atoms with Crippen molar-refractivity contribution in [2.24, 2.45) is 5.92 Å². The molecule has 5 rings (SSSR count). The maximum Gasteiger partial charge on any atom is 0.326 e. The molecule has 2 saturated heterocycles. The van der Waals surface area contributed by atoms with E-state index in [1.807, 2.05) is 0 Å². The number of halogens is 3. The first-order valence-electron chi connectivity index (χ1n) is 14.3. The van der Waals surface area contributed by atoms with Gasteiger partial charge in [0.05, 0.1) is 30.5 Å². The second kappa shape index (κ2) is 13.5. The van der Waals surface area contributed by atoms with E-state index in [9.17, 15) is 19.5 Å². The number of methoxy groups -OCH3 is 1. The number of rotatable bonds is 8.